The van der Waals surface area contributed by atoms with Crippen molar-refractivity contribution in [3.63, 3.8) is 0 Å². The minimum Gasteiger partial charge on any atom is -0.408 e. The summed E-state index contributed by atoms with van der Waals surface area (Å²) in [4.78, 5) is 30.9. The number of fused-ring (bicyclic) bond motifs is 1. The monoisotopic (exact) mass is 413 g/mol. The van der Waals surface area contributed by atoms with Crippen LogP contribution >= 0.6 is 22.7 Å². The van der Waals surface area contributed by atoms with Crippen LogP contribution in [0.1, 0.15) is 16.3 Å². The van der Waals surface area contributed by atoms with Crippen LogP contribution < -0.4 is 11.1 Å². The SMILES string of the molecule is Cc1nc(-c2ccc(CCNC(=O)CCn3c(=O)oc4ccccc43)s2)cs1. The zero-order valence-corrected chi connectivity index (χ0v) is 16.9. The highest BCUT2D eigenvalue weighted by Crippen LogP contribution is 2.29. The van der Waals surface area contributed by atoms with Crippen molar-refractivity contribution in [1.29, 1.82) is 0 Å². The molecule has 1 N–H and O–H groups in total. The number of carbonyl (C=O) groups is 1. The van der Waals surface area contributed by atoms with E-state index in [4.69, 9.17) is 4.42 Å². The molecule has 1 aromatic carbocycles. The van der Waals surface area contributed by atoms with Crippen molar-refractivity contribution in [2.45, 2.75) is 26.3 Å². The van der Waals surface area contributed by atoms with E-state index in [1.54, 1.807) is 28.7 Å². The molecular weight excluding hydrogens is 394 g/mol. The van der Waals surface area contributed by atoms with E-state index in [0.717, 1.165) is 22.0 Å². The fraction of sp³-hybridized carbons (Fsp3) is 0.250. The van der Waals surface area contributed by atoms with Gasteiger partial charge in [0, 0.05) is 29.8 Å². The summed E-state index contributed by atoms with van der Waals surface area (Å²) >= 11 is 3.34. The van der Waals surface area contributed by atoms with Crippen LogP contribution in [0.3, 0.4) is 0 Å². The first-order valence-electron chi connectivity index (χ1n) is 8.96. The molecule has 0 saturated carbocycles. The Kier molecular flexibility index (Phi) is 5.40. The number of aryl methyl sites for hydroxylation is 2. The number of nitrogens with zero attached hydrogens (tertiary/aromatic N) is 2. The van der Waals surface area contributed by atoms with Crippen molar-refractivity contribution in [3.05, 3.63) is 62.2 Å². The third kappa shape index (κ3) is 4.07. The number of thiophene rings is 1. The zero-order valence-electron chi connectivity index (χ0n) is 15.3. The molecule has 0 radical (unpaired) electrons. The maximum Gasteiger partial charge on any atom is 0.419 e. The minimum atomic E-state index is -0.433. The van der Waals surface area contributed by atoms with Crippen LogP contribution in [-0.4, -0.2) is 22.0 Å². The van der Waals surface area contributed by atoms with Gasteiger partial charge in [0.25, 0.3) is 0 Å². The number of benzene rings is 1. The first-order chi connectivity index (χ1) is 13.6. The van der Waals surface area contributed by atoms with Gasteiger partial charge in [-0.25, -0.2) is 9.78 Å². The molecule has 4 aromatic rings. The van der Waals surface area contributed by atoms with Crippen LogP contribution in [0.25, 0.3) is 21.7 Å². The summed E-state index contributed by atoms with van der Waals surface area (Å²) in [5.74, 6) is -0.513. The third-order valence-electron chi connectivity index (χ3n) is 4.36. The molecule has 0 unspecified atom stereocenters. The average molecular weight is 414 g/mol. The molecule has 1 amide bonds. The predicted octanol–water partition coefficient (Wildman–Crippen LogP) is 3.84. The number of carbonyl (C=O) groups excluding carboxylic acids is 1. The Balaban J connectivity index is 1.27. The standard InChI is InChI=1S/C20H19N3O3S2/c1-13-22-15(12-27-13)18-7-6-14(28-18)8-10-21-19(24)9-11-23-16-4-2-3-5-17(16)26-20(23)25/h2-7,12H,8-11H2,1H3,(H,21,24). The maximum absolute atomic E-state index is 12.1. The lowest BCUT2D eigenvalue weighted by atomic mass is 10.3. The normalized spacial score (nSPS) is 11.2. The van der Waals surface area contributed by atoms with E-state index < -0.39 is 5.76 Å². The number of oxazole rings is 1. The lowest BCUT2D eigenvalue weighted by Gasteiger charge is -2.05. The molecule has 4 rings (SSSR count). The molecule has 0 fully saturated rings. The Morgan fingerprint density at radius 3 is 2.93 bits per heavy atom. The van der Waals surface area contributed by atoms with Gasteiger partial charge < -0.3 is 9.73 Å². The van der Waals surface area contributed by atoms with Crippen molar-refractivity contribution in [2.24, 2.45) is 0 Å². The van der Waals surface area contributed by atoms with E-state index in [9.17, 15) is 9.59 Å². The number of para-hydroxylation sites is 2. The Labute approximate surface area is 169 Å². The Hall–Kier alpha value is -2.71. The molecule has 28 heavy (non-hydrogen) atoms. The number of hydrogen-bond acceptors (Lipinski definition) is 6. The highest BCUT2D eigenvalue weighted by molar-refractivity contribution is 7.16. The largest absolute Gasteiger partial charge is 0.419 e. The summed E-state index contributed by atoms with van der Waals surface area (Å²) in [5.41, 5.74) is 2.26. The Bertz CT molecular complexity index is 1170. The van der Waals surface area contributed by atoms with E-state index in [1.807, 2.05) is 25.1 Å². The highest BCUT2D eigenvalue weighted by Gasteiger charge is 2.11. The molecule has 0 aliphatic heterocycles. The maximum atomic E-state index is 12.1. The van der Waals surface area contributed by atoms with Crippen LogP contribution in [0.2, 0.25) is 0 Å². The van der Waals surface area contributed by atoms with Crippen molar-refractivity contribution < 1.29 is 9.21 Å². The Morgan fingerprint density at radius 1 is 1.25 bits per heavy atom. The van der Waals surface area contributed by atoms with Gasteiger partial charge in [-0.2, -0.15) is 0 Å². The molecule has 0 aliphatic carbocycles. The Morgan fingerprint density at radius 2 is 2.11 bits per heavy atom. The topological polar surface area (TPSA) is 77.1 Å². The summed E-state index contributed by atoms with van der Waals surface area (Å²) in [7, 11) is 0. The fourth-order valence-electron chi connectivity index (χ4n) is 2.98. The van der Waals surface area contributed by atoms with Gasteiger partial charge in [-0.1, -0.05) is 12.1 Å². The van der Waals surface area contributed by atoms with Crippen molar-refractivity contribution in [3.8, 4) is 10.6 Å². The van der Waals surface area contributed by atoms with E-state index in [2.05, 4.69) is 27.8 Å². The summed E-state index contributed by atoms with van der Waals surface area (Å²) in [6.45, 7) is 2.86. The van der Waals surface area contributed by atoms with E-state index in [-0.39, 0.29) is 12.3 Å². The highest BCUT2D eigenvalue weighted by atomic mass is 32.1. The molecule has 3 aromatic heterocycles. The van der Waals surface area contributed by atoms with Gasteiger partial charge in [0.2, 0.25) is 5.91 Å². The number of nitrogens with one attached hydrogen (secondary N) is 1. The number of thiazole rings is 1. The van der Waals surface area contributed by atoms with E-state index in [0.29, 0.717) is 24.2 Å². The predicted molar refractivity (Wildman–Crippen MR) is 112 cm³/mol. The molecule has 0 bridgehead atoms. The van der Waals surface area contributed by atoms with E-state index >= 15 is 0 Å². The smallest absolute Gasteiger partial charge is 0.408 e. The van der Waals surface area contributed by atoms with Gasteiger partial charge in [0.05, 0.1) is 21.1 Å². The minimum absolute atomic E-state index is 0.0795. The molecule has 8 heteroatoms. The lowest BCUT2D eigenvalue weighted by Crippen LogP contribution is -2.27. The molecular formula is C20H19N3O3S2. The van der Waals surface area contributed by atoms with Gasteiger partial charge in [-0.05, 0) is 37.6 Å². The van der Waals surface area contributed by atoms with Crippen molar-refractivity contribution >= 4 is 39.7 Å². The molecule has 0 aliphatic rings. The number of aromatic nitrogens is 2. The van der Waals surface area contributed by atoms with E-state index in [1.165, 1.54) is 9.44 Å². The second-order valence-corrected chi connectivity index (χ2v) is 8.59. The molecule has 144 valence electrons. The summed E-state index contributed by atoms with van der Waals surface area (Å²) in [6.07, 6.45) is 1.01. The summed E-state index contributed by atoms with van der Waals surface area (Å²) in [6, 6.07) is 11.4. The molecule has 6 nitrogen and oxygen atoms in total. The van der Waals surface area contributed by atoms with Crippen LogP contribution in [0.15, 0.2) is 51.0 Å². The van der Waals surface area contributed by atoms with Gasteiger partial charge in [0.15, 0.2) is 5.58 Å². The van der Waals surface area contributed by atoms with Crippen molar-refractivity contribution in [1.82, 2.24) is 14.9 Å². The third-order valence-corrected chi connectivity index (χ3v) is 6.30. The molecule has 3 heterocycles. The summed E-state index contributed by atoms with van der Waals surface area (Å²) < 4.78 is 6.68. The second-order valence-electron chi connectivity index (χ2n) is 6.36. The summed E-state index contributed by atoms with van der Waals surface area (Å²) in [5, 5.41) is 6.04. The fourth-order valence-corrected chi connectivity index (χ4v) is 4.63. The average Bonchev–Trinajstić information content (AvgIpc) is 3.38. The molecule has 0 atom stereocenters. The first kappa shape index (κ1) is 18.6. The number of rotatable bonds is 7. The van der Waals surface area contributed by atoms with Crippen LogP contribution in [0.4, 0.5) is 0 Å². The van der Waals surface area contributed by atoms with Crippen LogP contribution in [0.5, 0.6) is 0 Å². The van der Waals surface area contributed by atoms with Gasteiger partial charge in [0.1, 0.15) is 0 Å². The number of amides is 1. The zero-order chi connectivity index (χ0) is 19.5. The van der Waals surface area contributed by atoms with Crippen molar-refractivity contribution in [2.75, 3.05) is 6.54 Å². The quantitative estimate of drug-likeness (QED) is 0.499. The lowest BCUT2D eigenvalue weighted by molar-refractivity contribution is -0.121. The van der Waals surface area contributed by atoms with Gasteiger partial charge in [-0.15, -0.1) is 22.7 Å². The first-order valence-corrected chi connectivity index (χ1v) is 10.7. The molecule has 0 spiro atoms. The molecule has 0 saturated heterocycles. The van der Waals surface area contributed by atoms with Gasteiger partial charge in [-0.3, -0.25) is 9.36 Å². The van der Waals surface area contributed by atoms with Crippen LogP contribution in [0, 0.1) is 6.92 Å². The second kappa shape index (κ2) is 8.12. The number of hydrogen-bond donors (Lipinski definition) is 1. The van der Waals surface area contributed by atoms with Crippen LogP contribution in [-0.2, 0) is 17.8 Å². The van der Waals surface area contributed by atoms with Gasteiger partial charge >= 0.3 is 5.76 Å².